The standard InChI is InChI=1S/C11H13NOS/c1-12-6-8-7-14-11-9(8)4-3-5-10(11)13-2/h3-5,7,12H,6H2,1-2H3. The Morgan fingerprint density at radius 1 is 1.43 bits per heavy atom. The molecule has 0 aliphatic rings. The Balaban J connectivity index is 2.57. The summed E-state index contributed by atoms with van der Waals surface area (Å²) in [6.45, 7) is 0.910. The van der Waals surface area contributed by atoms with Gasteiger partial charge in [0, 0.05) is 11.9 Å². The third kappa shape index (κ3) is 1.49. The Kier molecular flexibility index (Phi) is 2.70. The maximum absolute atomic E-state index is 5.31. The zero-order chi connectivity index (χ0) is 9.97. The van der Waals surface area contributed by atoms with Crippen molar-refractivity contribution in [2.24, 2.45) is 0 Å². The monoisotopic (exact) mass is 207 g/mol. The largest absolute Gasteiger partial charge is 0.495 e. The molecule has 14 heavy (non-hydrogen) atoms. The summed E-state index contributed by atoms with van der Waals surface area (Å²) in [7, 11) is 3.68. The smallest absolute Gasteiger partial charge is 0.136 e. The Morgan fingerprint density at radius 3 is 3.00 bits per heavy atom. The minimum atomic E-state index is 0.910. The van der Waals surface area contributed by atoms with Gasteiger partial charge in [-0.15, -0.1) is 11.3 Å². The number of hydrogen-bond donors (Lipinski definition) is 1. The van der Waals surface area contributed by atoms with Gasteiger partial charge in [0.1, 0.15) is 5.75 Å². The van der Waals surface area contributed by atoms with Crippen LogP contribution in [-0.4, -0.2) is 14.2 Å². The number of rotatable bonds is 3. The SMILES string of the molecule is CNCc1csc2c(OC)cccc12. The van der Waals surface area contributed by atoms with E-state index in [2.05, 4.69) is 16.8 Å². The lowest BCUT2D eigenvalue weighted by atomic mass is 10.1. The second kappa shape index (κ2) is 3.98. The van der Waals surface area contributed by atoms with Gasteiger partial charge in [0.05, 0.1) is 11.8 Å². The van der Waals surface area contributed by atoms with Crippen molar-refractivity contribution >= 4 is 21.4 Å². The molecule has 0 bridgehead atoms. The number of fused-ring (bicyclic) bond motifs is 1. The Hall–Kier alpha value is -1.06. The first kappa shape index (κ1) is 9.49. The molecule has 2 aromatic rings. The molecule has 2 rings (SSSR count). The maximum Gasteiger partial charge on any atom is 0.136 e. The summed E-state index contributed by atoms with van der Waals surface area (Å²) in [6, 6.07) is 6.18. The van der Waals surface area contributed by atoms with Gasteiger partial charge in [0.25, 0.3) is 0 Å². The van der Waals surface area contributed by atoms with Crippen molar-refractivity contribution < 1.29 is 4.74 Å². The van der Waals surface area contributed by atoms with Crippen LogP contribution in [0.15, 0.2) is 23.6 Å². The van der Waals surface area contributed by atoms with Gasteiger partial charge in [-0.2, -0.15) is 0 Å². The molecule has 3 heteroatoms. The lowest BCUT2D eigenvalue weighted by Gasteiger charge is -2.01. The second-order valence-electron chi connectivity index (χ2n) is 3.13. The van der Waals surface area contributed by atoms with Crippen LogP contribution in [0.4, 0.5) is 0 Å². The Labute approximate surface area is 87.5 Å². The molecular formula is C11H13NOS. The van der Waals surface area contributed by atoms with E-state index in [0.29, 0.717) is 0 Å². The van der Waals surface area contributed by atoms with Crippen molar-refractivity contribution in [2.75, 3.05) is 14.2 Å². The van der Waals surface area contributed by atoms with E-state index in [1.54, 1.807) is 18.4 Å². The molecule has 0 atom stereocenters. The zero-order valence-corrected chi connectivity index (χ0v) is 9.15. The van der Waals surface area contributed by atoms with Crippen LogP contribution in [0.25, 0.3) is 10.1 Å². The van der Waals surface area contributed by atoms with Crippen LogP contribution in [0, 0.1) is 0 Å². The minimum absolute atomic E-state index is 0.910. The van der Waals surface area contributed by atoms with E-state index in [1.807, 2.05) is 19.2 Å². The van der Waals surface area contributed by atoms with E-state index >= 15 is 0 Å². The highest BCUT2D eigenvalue weighted by atomic mass is 32.1. The lowest BCUT2D eigenvalue weighted by Crippen LogP contribution is -2.03. The van der Waals surface area contributed by atoms with Crippen molar-refractivity contribution in [2.45, 2.75) is 6.54 Å². The molecule has 0 spiro atoms. The number of benzene rings is 1. The van der Waals surface area contributed by atoms with E-state index in [9.17, 15) is 0 Å². The third-order valence-electron chi connectivity index (χ3n) is 2.23. The fourth-order valence-electron chi connectivity index (χ4n) is 1.57. The van der Waals surface area contributed by atoms with Crippen LogP contribution in [-0.2, 0) is 6.54 Å². The molecule has 1 N–H and O–H groups in total. The van der Waals surface area contributed by atoms with Crippen LogP contribution in [0.5, 0.6) is 5.75 Å². The average Bonchev–Trinajstić information content (AvgIpc) is 2.62. The molecule has 0 radical (unpaired) electrons. The highest BCUT2D eigenvalue weighted by Gasteiger charge is 2.06. The summed E-state index contributed by atoms with van der Waals surface area (Å²) in [5.41, 5.74) is 1.34. The molecule has 0 aliphatic heterocycles. The molecule has 1 aromatic heterocycles. The first-order valence-corrected chi connectivity index (χ1v) is 5.42. The van der Waals surface area contributed by atoms with E-state index < -0.39 is 0 Å². The number of thiophene rings is 1. The number of nitrogens with one attached hydrogen (secondary N) is 1. The fourth-order valence-corrected chi connectivity index (χ4v) is 2.64. The molecule has 0 unspecified atom stereocenters. The molecule has 0 saturated carbocycles. The molecule has 0 aliphatic carbocycles. The van der Waals surface area contributed by atoms with Gasteiger partial charge in [-0.1, -0.05) is 12.1 Å². The molecular weight excluding hydrogens is 194 g/mol. The van der Waals surface area contributed by atoms with Gasteiger partial charge >= 0.3 is 0 Å². The molecule has 74 valence electrons. The third-order valence-corrected chi connectivity index (χ3v) is 3.29. The van der Waals surface area contributed by atoms with E-state index in [-0.39, 0.29) is 0 Å². The zero-order valence-electron chi connectivity index (χ0n) is 8.33. The van der Waals surface area contributed by atoms with Crippen LogP contribution in [0.3, 0.4) is 0 Å². The van der Waals surface area contributed by atoms with Crippen molar-refractivity contribution in [1.29, 1.82) is 0 Å². The van der Waals surface area contributed by atoms with Gasteiger partial charge in [0.2, 0.25) is 0 Å². The van der Waals surface area contributed by atoms with Gasteiger partial charge in [-0.05, 0) is 24.1 Å². The lowest BCUT2D eigenvalue weighted by molar-refractivity contribution is 0.420. The Morgan fingerprint density at radius 2 is 2.29 bits per heavy atom. The number of ether oxygens (including phenoxy) is 1. The van der Waals surface area contributed by atoms with Crippen LogP contribution in [0.2, 0.25) is 0 Å². The van der Waals surface area contributed by atoms with E-state index in [1.165, 1.54) is 15.6 Å². The van der Waals surface area contributed by atoms with Crippen molar-refractivity contribution in [3.05, 3.63) is 29.1 Å². The second-order valence-corrected chi connectivity index (χ2v) is 4.01. The Bertz CT molecular complexity index is 436. The van der Waals surface area contributed by atoms with E-state index in [0.717, 1.165) is 12.3 Å². The van der Waals surface area contributed by atoms with E-state index in [4.69, 9.17) is 4.74 Å². The van der Waals surface area contributed by atoms with Gasteiger partial charge < -0.3 is 10.1 Å². The summed E-state index contributed by atoms with van der Waals surface area (Å²) in [5, 5.41) is 6.64. The summed E-state index contributed by atoms with van der Waals surface area (Å²) >= 11 is 1.74. The number of methoxy groups -OCH3 is 1. The number of hydrogen-bond acceptors (Lipinski definition) is 3. The molecule has 1 aromatic carbocycles. The highest BCUT2D eigenvalue weighted by molar-refractivity contribution is 7.17. The first-order chi connectivity index (χ1) is 6.86. The summed E-state index contributed by atoms with van der Waals surface area (Å²) in [4.78, 5) is 0. The molecule has 0 fully saturated rings. The molecule has 1 heterocycles. The van der Waals surface area contributed by atoms with Crippen LogP contribution in [0.1, 0.15) is 5.56 Å². The maximum atomic E-state index is 5.31. The topological polar surface area (TPSA) is 21.3 Å². The highest BCUT2D eigenvalue weighted by Crippen LogP contribution is 2.33. The predicted octanol–water partition coefficient (Wildman–Crippen LogP) is 2.63. The average molecular weight is 207 g/mol. The van der Waals surface area contributed by atoms with Crippen molar-refractivity contribution in [3.63, 3.8) is 0 Å². The molecule has 0 amide bonds. The quantitative estimate of drug-likeness (QED) is 0.835. The predicted molar refractivity (Wildman–Crippen MR) is 61.1 cm³/mol. The first-order valence-electron chi connectivity index (χ1n) is 4.54. The van der Waals surface area contributed by atoms with Gasteiger partial charge in [-0.25, -0.2) is 0 Å². The summed E-state index contributed by atoms with van der Waals surface area (Å²) < 4.78 is 6.55. The van der Waals surface area contributed by atoms with Crippen LogP contribution >= 0.6 is 11.3 Å². The molecule has 0 saturated heterocycles. The summed E-state index contributed by atoms with van der Waals surface area (Å²) in [6.07, 6.45) is 0. The summed E-state index contributed by atoms with van der Waals surface area (Å²) in [5.74, 6) is 0.967. The fraction of sp³-hybridized carbons (Fsp3) is 0.273. The van der Waals surface area contributed by atoms with Crippen molar-refractivity contribution in [1.82, 2.24) is 5.32 Å². The van der Waals surface area contributed by atoms with Gasteiger partial charge in [-0.3, -0.25) is 0 Å². The normalized spacial score (nSPS) is 10.7. The van der Waals surface area contributed by atoms with Gasteiger partial charge in [0.15, 0.2) is 0 Å². The van der Waals surface area contributed by atoms with Crippen molar-refractivity contribution in [3.8, 4) is 5.75 Å². The minimum Gasteiger partial charge on any atom is -0.495 e. The molecule has 2 nitrogen and oxygen atoms in total. The van der Waals surface area contributed by atoms with Crippen LogP contribution < -0.4 is 10.1 Å².